The summed E-state index contributed by atoms with van der Waals surface area (Å²) in [6.07, 6.45) is 5.14. The van der Waals surface area contributed by atoms with Gasteiger partial charge in [-0.05, 0) is 62.8 Å². The van der Waals surface area contributed by atoms with Gasteiger partial charge in [-0.1, -0.05) is 19.1 Å². The quantitative estimate of drug-likeness (QED) is 0.827. The highest BCUT2D eigenvalue weighted by atomic mass is 16.5. The molecule has 0 aliphatic heterocycles. The van der Waals surface area contributed by atoms with Crippen molar-refractivity contribution in [1.82, 2.24) is 5.32 Å². The van der Waals surface area contributed by atoms with Crippen molar-refractivity contribution < 1.29 is 4.74 Å². The second-order valence-electron chi connectivity index (χ2n) is 5.16. The molecule has 100 valence electrons. The molecule has 0 saturated heterocycles. The molecule has 18 heavy (non-hydrogen) atoms. The van der Waals surface area contributed by atoms with E-state index in [0.717, 1.165) is 30.9 Å². The van der Waals surface area contributed by atoms with E-state index in [1.54, 1.807) is 0 Å². The Morgan fingerprint density at radius 2 is 1.94 bits per heavy atom. The van der Waals surface area contributed by atoms with Gasteiger partial charge in [0.05, 0.1) is 6.61 Å². The number of ether oxygens (including phenoxy) is 1. The molecule has 0 aromatic heterocycles. The van der Waals surface area contributed by atoms with Gasteiger partial charge in [0.25, 0.3) is 0 Å². The van der Waals surface area contributed by atoms with Gasteiger partial charge in [0.15, 0.2) is 0 Å². The third-order valence-electron chi connectivity index (χ3n) is 3.78. The highest BCUT2D eigenvalue weighted by molar-refractivity contribution is 5.30. The lowest BCUT2D eigenvalue weighted by atomic mass is 9.97. The van der Waals surface area contributed by atoms with Crippen molar-refractivity contribution in [2.45, 2.75) is 51.5 Å². The highest BCUT2D eigenvalue weighted by Gasteiger charge is 2.25. The van der Waals surface area contributed by atoms with E-state index in [-0.39, 0.29) is 0 Å². The third kappa shape index (κ3) is 3.49. The van der Waals surface area contributed by atoms with Crippen LogP contribution in [-0.4, -0.2) is 19.2 Å². The molecule has 0 radical (unpaired) electrons. The van der Waals surface area contributed by atoms with Gasteiger partial charge in [0.2, 0.25) is 0 Å². The van der Waals surface area contributed by atoms with E-state index in [4.69, 9.17) is 4.74 Å². The van der Waals surface area contributed by atoms with Gasteiger partial charge < -0.3 is 10.1 Å². The van der Waals surface area contributed by atoms with Crippen LogP contribution in [0.15, 0.2) is 24.3 Å². The second kappa shape index (κ2) is 6.79. The molecule has 1 saturated carbocycles. The zero-order valence-corrected chi connectivity index (χ0v) is 11.6. The zero-order chi connectivity index (χ0) is 12.8. The maximum absolute atomic E-state index is 5.49. The summed E-state index contributed by atoms with van der Waals surface area (Å²) in [6.45, 7) is 6.15. The third-order valence-corrected chi connectivity index (χ3v) is 3.78. The average Bonchev–Trinajstić information content (AvgIpc) is 2.86. The molecular formula is C16H25NO. The minimum atomic E-state index is 0.724. The fourth-order valence-corrected chi connectivity index (χ4v) is 2.82. The average molecular weight is 247 g/mol. The summed E-state index contributed by atoms with van der Waals surface area (Å²) in [7, 11) is 0. The van der Waals surface area contributed by atoms with Crippen LogP contribution in [0.4, 0.5) is 0 Å². The summed E-state index contributed by atoms with van der Waals surface area (Å²) >= 11 is 0. The second-order valence-corrected chi connectivity index (χ2v) is 5.16. The number of hydrogen-bond donors (Lipinski definition) is 1. The molecule has 1 fully saturated rings. The SMILES string of the molecule is CCCNC1CCC(c2ccc(OCC)cc2)C1. The lowest BCUT2D eigenvalue weighted by Crippen LogP contribution is -2.26. The molecule has 0 amide bonds. The Kier molecular flexibility index (Phi) is 5.06. The Labute approximate surface area is 111 Å². The molecule has 1 N–H and O–H groups in total. The Hall–Kier alpha value is -1.02. The van der Waals surface area contributed by atoms with Gasteiger partial charge >= 0.3 is 0 Å². The Balaban J connectivity index is 1.88. The zero-order valence-electron chi connectivity index (χ0n) is 11.6. The maximum Gasteiger partial charge on any atom is 0.119 e. The number of nitrogens with one attached hydrogen (secondary N) is 1. The molecule has 2 unspecified atom stereocenters. The predicted molar refractivity (Wildman–Crippen MR) is 76.3 cm³/mol. The Morgan fingerprint density at radius 1 is 1.17 bits per heavy atom. The fraction of sp³-hybridized carbons (Fsp3) is 0.625. The molecule has 0 bridgehead atoms. The first-order chi connectivity index (χ1) is 8.83. The van der Waals surface area contributed by atoms with E-state index in [1.807, 2.05) is 6.92 Å². The summed E-state index contributed by atoms with van der Waals surface area (Å²) in [5.41, 5.74) is 1.47. The van der Waals surface area contributed by atoms with Crippen molar-refractivity contribution in [3.8, 4) is 5.75 Å². The van der Waals surface area contributed by atoms with Crippen molar-refractivity contribution in [1.29, 1.82) is 0 Å². The molecule has 1 aromatic carbocycles. The first-order valence-electron chi connectivity index (χ1n) is 7.29. The van der Waals surface area contributed by atoms with Crippen molar-refractivity contribution in [3.63, 3.8) is 0 Å². The summed E-state index contributed by atoms with van der Waals surface area (Å²) in [4.78, 5) is 0. The number of rotatable bonds is 6. The van der Waals surface area contributed by atoms with Gasteiger partial charge in [0, 0.05) is 6.04 Å². The minimum Gasteiger partial charge on any atom is -0.494 e. The Morgan fingerprint density at radius 3 is 2.61 bits per heavy atom. The van der Waals surface area contributed by atoms with Gasteiger partial charge in [-0.2, -0.15) is 0 Å². The first-order valence-corrected chi connectivity index (χ1v) is 7.29. The molecule has 2 heteroatoms. The maximum atomic E-state index is 5.49. The highest BCUT2D eigenvalue weighted by Crippen LogP contribution is 2.35. The Bertz CT molecular complexity index is 347. The normalized spacial score (nSPS) is 23.2. The van der Waals surface area contributed by atoms with Gasteiger partial charge in [-0.15, -0.1) is 0 Å². The molecule has 1 aliphatic rings. The summed E-state index contributed by atoms with van der Waals surface area (Å²) in [5, 5.41) is 3.64. The van der Waals surface area contributed by atoms with Crippen LogP contribution in [0.3, 0.4) is 0 Å². The van der Waals surface area contributed by atoms with E-state index in [2.05, 4.69) is 36.5 Å². The number of benzene rings is 1. The molecule has 2 rings (SSSR count). The fourth-order valence-electron chi connectivity index (χ4n) is 2.82. The molecule has 1 aromatic rings. The van der Waals surface area contributed by atoms with E-state index in [9.17, 15) is 0 Å². The summed E-state index contributed by atoms with van der Waals surface area (Å²) in [6, 6.07) is 9.40. The van der Waals surface area contributed by atoms with Crippen LogP contribution in [0, 0.1) is 0 Å². The molecule has 2 nitrogen and oxygen atoms in total. The topological polar surface area (TPSA) is 21.3 Å². The van der Waals surface area contributed by atoms with E-state index < -0.39 is 0 Å². The smallest absolute Gasteiger partial charge is 0.119 e. The largest absolute Gasteiger partial charge is 0.494 e. The van der Waals surface area contributed by atoms with Crippen molar-refractivity contribution in [2.24, 2.45) is 0 Å². The van der Waals surface area contributed by atoms with Crippen LogP contribution in [0.2, 0.25) is 0 Å². The van der Waals surface area contributed by atoms with Crippen molar-refractivity contribution in [3.05, 3.63) is 29.8 Å². The van der Waals surface area contributed by atoms with E-state index >= 15 is 0 Å². The monoisotopic (exact) mass is 247 g/mol. The molecule has 0 spiro atoms. The standard InChI is InChI=1S/C16H25NO/c1-3-11-17-15-8-5-14(12-15)13-6-9-16(10-7-13)18-4-2/h6-7,9-10,14-15,17H,3-5,8,11-12H2,1-2H3. The van der Waals surface area contributed by atoms with E-state index in [0.29, 0.717) is 0 Å². The van der Waals surface area contributed by atoms with Gasteiger partial charge in [0.1, 0.15) is 5.75 Å². The molecule has 2 atom stereocenters. The van der Waals surface area contributed by atoms with Crippen LogP contribution in [-0.2, 0) is 0 Å². The van der Waals surface area contributed by atoms with Crippen LogP contribution in [0.5, 0.6) is 5.75 Å². The number of hydrogen-bond acceptors (Lipinski definition) is 2. The molecular weight excluding hydrogens is 222 g/mol. The summed E-state index contributed by atoms with van der Waals surface area (Å²) < 4.78 is 5.49. The minimum absolute atomic E-state index is 0.724. The predicted octanol–water partition coefficient (Wildman–Crippen LogP) is 3.72. The summed E-state index contributed by atoms with van der Waals surface area (Å²) in [5.74, 6) is 1.72. The van der Waals surface area contributed by atoms with Crippen LogP contribution >= 0.6 is 0 Å². The van der Waals surface area contributed by atoms with Crippen LogP contribution in [0.1, 0.15) is 51.0 Å². The van der Waals surface area contributed by atoms with E-state index in [1.165, 1.54) is 31.2 Å². The lowest BCUT2D eigenvalue weighted by Gasteiger charge is -2.13. The molecule has 1 aliphatic carbocycles. The lowest BCUT2D eigenvalue weighted by molar-refractivity contribution is 0.340. The van der Waals surface area contributed by atoms with Crippen LogP contribution < -0.4 is 10.1 Å². The van der Waals surface area contributed by atoms with Crippen LogP contribution in [0.25, 0.3) is 0 Å². The van der Waals surface area contributed by atoms with Gasteiger partial charge in [-0.3, -0.25) is 0 Å². The van der Waals surface area contributed by atoms with Crippen molar-refractivity contribution >= 4 is 0 Å². The van der Waals surface area contributed by atoms with Gasteiger partial charge in [-0.25, -0.2) is 0 Å². The first kappa shape index (κ1) is 13.4. The van der Waals surface area contributed by atoms with Crippen molar-refractivity contribution in [2.75, 3.05) is 13.2 Å². The molecule has 0 heterocycles.